The monoisotopic (exact) mass is 446 g/mol. The van der Waals surface area contributed by atoms with Crippen molar-refractivity contribution in [2.45, 2.75) is 26.7 Å². The number of aromatic amines is 2. The third kappa shape index (κ3) is 2.82. The highest BCUT2D eigenvalue weighted by molar-refractivity contribution is 7.25. The first-order valence-electron chi connectivity index (χ1n) is 11.3. The van der Waals surface area contributed by atoms with Crippen molar-refractivity contribution in [3.63, 3.8) is 0 Å². The van der Waals surface area contributed by atoms with Gasteiger partial charge in [-0.2, -0.15) is 0 Å². The SMILES string of the molecule is Cc1nc2ccc3cc(-c4ccc5c(c4)sc4cc6nc(C(C)C)[nH]c6cc45)ccc3c2[nH]1. The molecule has 33 heavy (non-hydrogen) atoms. The second-order valence-electron chi connectivity index (χ2n) is 9.17. The highest BCUT2D eigenvalue weighted by atomic mass is 32.1. The van der Waals surface area contributed by atoms with Crippen molar-refractivity contribution in [1.29, 1.82) is 0 Å². The van der Waals surface area contributed by atoms with Gasteiger partial charge in [-0.1, -0.05) is 44.2 Å². The lowest BCUT2D eigenvalue weighted by atomic mass is 9.99. The fraction of sp³-hybridized carbons (Fsp3) is 0.143. The van der Waals surface area contributed by atoms with E-state index in [1.165, 1.54) is 42.1 Å². The molecule has 0 saturated carbocycles. The van der Waals surface area contributed by atoms with Crippen LogP contribution < -0.4 is 0 Å². The average molecular weight is 447 g/mol. The van der Waals surface area contributed by atoms with Gasteiger partial charge in [0.05, 0.1) is 22.1 Å². The molecule has 5 heteroatoms. The third-order valence-electron chi connectivity index (χ3n) is 6.57. The summed E-state index contributed by atoms with van der Waals surface area (Å²) in [5, 5.41) is 5.03. The fourth-order valence-corrected chi connectivity index (χ4v) is 6.03. The molecule has 3 heterocycles. The van der Waals surface area contributed by atoms with Crippen LogP contribution in [0.25, 0.3) is 64.1 Å². The van der Waals surface area contributed by atoms with E-state index in [4.69, 9.17) is 4.98 Å². The molecule has 0 radical (unpaired) electrons. The van der Waals surface area contributed by atoms with Crippen LogP contribution in [-0.4, -0.2) is 19.9 Å². The summed E-state index contributed by atoms with van der Waals surface area (Å²) in [6.07, 6.45) is 0. The number of aryl methyl sites for hydroxylation is 1. The van der Waals surface area contributed by atoms with Crippen LogP contribution in [0, 0.1) is 6.92 Å². The van der Waals surface area contributed by atoms with Crippen molar-refractivity contribution in [3.8, 4) is 11.1 Å². The van der Waals surface area contributed by atoms with Crippen LogP contribution in [0.1, 0.15) is 31.4 Å². The van der Waals surface area contributed by atoms with Gasteiger partial charge in [-0.3, -0.25) is 0 Å². The Balaban J connectivity index is 1.37. The molecule has 0 unspecified atom stereocenters. The van der Waals surface area contributed by atoms with Gasteiger partial charge >= 0.3 is 0 Å². The molecule has 0 amide bonds. The molecule has 4 aromatic carbocycles. The summed E-state index contributed by atoms with van der Waals surface area (Å²) >= 11 is 1.84. The van der Waals surface area contributed by atoms with Crippen molar-refractivity contribution in [1.82, 2.24) is 19.9 Å². The maximum absolute atomic E-state index is 4.79. The number of nitrogens with one attached hydrogen (secondary N) is 2. The molecule has 0 atom stereocenters. The van der Waals surface area contributed by atoms with E-state index in [2.05, 4.69) is 89.5 Å². The summed E-state index contributed by atoms with van der Waals surface area (Å²) in [5.41, 5.74) is 6.76. The van der Waals surface area contributed by atoms with Crippen LogP contribution >= 0.6 is 11.3 Å². The number of nitrogens with zero attached hydrogens (tertiary/aromatic N) is 2. The van der Waals surface area contributed by atoms with Gasteiger partial charge in [0.25, 0.3) is 0 Å². The molecule has 160 valence electrons. The molecule has 3 aromatic heterocycles. The number of aromatic nitrogens is 4. The molecule has 0 bridgehead atoms. The van der Waals surface area contributed by atoms with E-state index in [1.54, 1.807) is 0 Å². The zero-order valence-corrected chi connectivity index (χ0v) is 19.5. The molecule has 7 rings (SSSR count). The van der Waals surface area contributed by atoms with Crippen molar-refractivity contribution in [3.05, 3.63) is 72.3 Å². The van der Waals surface area contributed by atoms with E-state index < -0.39 is 0 Å². The third-order valence-corrected chi connectivity index (χ3v) is 7.68. The van der Waals surface area contributed by atoms with Gasteiger partial charge in [0.2, 0.25) is 0 Å². The first kappa shape index (κ1) is 18.8. The zero-order valence-electron chi connectivity index (χ0n) is 18.7. The lowest BCUT2D eigenvalue weighted by molar-refractivity contribution is 0.799. The van der Waals surface area contributed by atoms with Crippen molar-refractivity contribution in [2.24, 2.45) is 0 Å². The van der Waals surface area contributed by atoms with E-state index >= 15 is 0 Å². The summed E-state index contributed by atoms with van der Waals surface area (Å²) in [5.74, 6) is 2.39. The highest BCUT2D eigenvalue weighted by Crippen LogP contribution is 2.39. The average Bonchev–Trinajstić information content (AvgIpc) is 3.50. The van der Waals surface area contributed by atoms with Crippen LogP contribution in [0.3, 0.4) is 0 Å². The Hall–Kier alpha value is -3.70. The molecule has 0 spiro atoms. The molecular formula is C28H22N4S. The van der Waals surface area contributed by atoms with E-state index in [1.807, 2.05) is 18.3 Å². The Morgan fingerprint density at radius 1 is 0.727 bits per heavy atom. The minimum absolute atomic E-state index is 0.394. The second-order valence-corrected chi connectivity index (χ2v) is 10.3. The van der Waals surface area contributed by atoms with Crippen molar-refractivity contribution in [2.75, 3.05) is 0 Å². The predicted molar refractivity (Wildman–Crippen MR) is 140 cm³/mol. The molecule has 0 aliphatic carbocycles. The molecular weight excluding hydrogens is 424 g/mol. The largest absolute Gasteiger partial charge is 0.342 e. The number of thiophene rings is 1. The summed E-state index contributed by atoms with van der Waals surface area (Å²) in [7, 11) is 0. The van der Waals surface area contributed by atoms with Crippen LogP contribution in [0.2, 0.25) is 0 Å². The number of hydrogen-bond donors (Lipinski definition) is 2. The minimum Gasteiger partial charge on any atom is -0.342 e. The van der Waals surface area contributed by atoms with Gasteiger partial charge in [-0.25, -0.2) is 9.97 Å². The predicted octanol–water partition coefficient (Wildman–Crippen LogP) is 8.06. The van der Waals surface area contributed by atoms with Crippen molar-refractivity contribution >= 4 is 64.3 Å². The molecule has 0 aliphatic rings. The molecule has 2 N–H and O–H groups in total. The summed E-state index contributed by atoms with van der Waals surface area (Å²) in [4.78, 5) is 16.3. The van der Waals surface area contributed by atoms with Gasteiger partial charge in [-0.05, 0) is 53.8 Å². The number of H-pyrrole nitrogens is 2. The highest BCUT2D eigenvalue weighted by Gasteiger charge is 2.12. The summed E-state index contributed by atoms with van der Waals surface area (Å²) in [6, 6.07) is 22.3. The molecule has 4 nitrogen and oxygen atoms in total. The molecule has 0 fully saturated rings. The molecule has 7 aromatic rings. The normalized spacial score (nSPS) is 12.4. The van der Waals surface area contributed by atoms with Crippen LogP contribution in [-0.2, 0) is 0 Å². The van der Waals surface area contributed by atoms with E-state index in [0.29, 0.717) is 5.92 Å². The number of imidazole rings is 2. The zero-order chi connectivity index (χ0) is 22.3. The number of hydrogen-bond acceptors (Lipinski definition) is 3. The first-order valence-corrected chi connectivity index (χ1v) is 12.1. The Morgan fingerprint density at radius 3 is 2.36 bits per heavy atom. The summed E-state index contributed by atoms with van der Waals surface area (Å²) < 4.78 is 2.59. The van der Waals surface area contributed by atoms with Gasteiger partial charge < -0.3 is 9.97 Å². The van der Waals surface area contributed by atoms with E-state index in [0.717, 1.165) is 33.7 Å². The molecule has 0 saturated heterocycles. The lowest BCUT2D eigenvalue weighted by Crippen LogP contribution is -1.88. The Kier molecular flexibility index (Phi) is 3.80. The van der Waals surface area contributed by atoms with Gasteiger partial charge in [0.1, 0.15) is 11.6 Å². The Morgan fingerprint density at radius 2 is 1.52 bits per heavy atom. The Labute approximate surface area is 194 Å². The maximum Gasteiger partial charge on any atom is 0.109 e. The maximum atomic E-state index is 4.79. The smallest absolute Gasteiger partial charge is 0.109 e. The minimum atomic E-state index is 0.394. The van der Waals surface area contributed by atoms with Gasteiger partial charge in [0.15, 0.2) is 0 Å². The number of fused-ring (bicyclic) bond motifs is 7. The summed E-state index contributed by atoms with van der Waals surface area (Å²) in [6.45, 7) is 6.34. The van der Waals surface area contributed by atoms with Crippen LogP contribution in [0.5, 0.6) is 0 Å². The standard InChI is InChI=1S/C28H22N4S/c1-14(2)28-31-23-12-21-20-8-5-17(11-25(20)33-26(21)13-24(23)32-28)16-4-7-19-18(10-16)6-9-22-27(19)30-15(3)29-22/h4-14H,1-3H3,(H,29,30)(H,31,32). The lowest BCUT2D eigenvalue weighted by Gasteiger charge is -2.05. The van der Waals surface area contributed by atoms with E-state index in [-0.39, 0.29) is 0 Å². The van der Waals surface area contributed by atoms with Crippen molar-refractivity contribution < 1.29 is 0 Å². The molecule has 0 aliphatic heterocycles. The number of rotatable bonds is 2. The van der Waals surface area contributed by atoms with Gasteiger partial charge in [-0.15, -0.1) is 11.3 Å². The quantitative estimate of drug-likeness (QED) is 0.282. The van der Waals surface area contributed by atoms with Gasteiger partial charge in [0, 0.05) is 31.5 Å². The van der Waals surface area contributed by atoms with Crippen LogP contribution in [0.15, 0.2) is 60.7 Å². The second kappa shape index (κ2) is 6.65. The first-order chi connectivity index (χ1) is 16.0. The topological polar surface area (TPSA) is 57.4 Å². The van der Waals surface area contributed by atoms with E-state index in [9.17, 15) is 0 Å². The fourth-order valence-electron chi connectivity index (χ4n) is 4.87. The number of benzene rings is 4. The van der Waals surface area contributed by atoms with Crippen LogP contribution in [0.4, 0.5) is 0 Å². The Bertz CT molecular complexity index is 1870.